The second-order valence-corrected chi connectivity index (χ2v) is 12.2. The predicted octanol–water partition coefficient (Wildman–Crippen LogP) is 5.04. The van der Waals surface area contributed by atoms with Crippen molar-refractivity contribution in [1.29, 1.82) is 5.26 Å². The van der Waals surface area contributed by atoms with E-state index in [0.717, 1.165) is 76.4 Å². The van der Waals surface area contributed by atoms with Crippen molar-refractivity contribution in [2.45, 2.75) is 45.2 Å². The van der Waals surface area contributed by atoms with Gasteiger partial charge in [-0.3, -0.25) is 5.10 Å². The van der Waals surface area contributed by atoms with Crippen LogP contribution in [0.3, 0.4) is 0 Å². The van der Waals surface area contributed by atoms with Gasteiger partial charge in [0, 0.05) is 61.1 Å². The number of aryl methyl sites for hydroxylation is 1. The van der Waals surface area contributed by atoms with E-state index in [0.29, 0.717) is 34.9 Å². The van der Waals surface area contributed by atoms with E-state index in [-0.39, 0.29) is 11.6 Å². The van der Waals surface area contributed by atoms with Gasteiger partial charge in [-0.15, -0.1) is 0 Å². The number of pyridine rings is 1. The Hall–Kier alpha value is -3.91. The zero-order chi connectivity index (χ0) is 29.3. The highest BCUT2D eigenvalue weighted by Gasteiger charge is 2.39. The molecular formula is C31H32ClFN9+. The molecule has 0 saturated carbocycles. The molecule has 2 aromatic carbocycles. The number of nitrogens with zero attached hydrogens (tertiary/aromatic N) is 7. The number of fused-ring (bicyclic) bond motifs is 4. The molecule has 0 radical (unpaired) electrons. The first-order valence-corrected chi connectivity index (χ1v) is 14.6. The molecule has 7 rings (SSSR count). The number of aromatic nitrogens is 3. The molecule has 5 heterocycles. The summed E-state index contributed by atoms with van der Waals surface area (Å²) in [5, 5.41) is 26.6. The average molecular weight is 585 g/mol. The largest absolute Gasteiger partial charge is 0.353 e. The molecule has 2 saturated heterocycles. The van der Waals surface area contributed by atoms with Crippen LogP contribution in [0.15, 0.2) is 23.4 Å². The molecule has 2 fully saturated rings. The normalized spacial score (nSPS) is 20.5. The van der Waals surface area contributed by atoms with E-state index >= 15 is 4.39 Å². The lowest BCUT2D eigenvalue weighted by atomic mass is 9.92. The molecule has 0 spiro atoms. The van der Waals surface area contributed by atoms with E-state index in [1.54, 1.807) is 6.20 Å². The second kappa shape index (κ2) is 10.1. The Morgan fingerprint density at radius 3 is 2.79 bits per heavy atom. The van der Waals surface area contributed by atoms with Gasteiger partial charge in [-0.2, -0.15) is 10.4 Å². The Morgan fingerprint density at radius 1 is 1.21 bits per heavy atom. The van der Waals surface area contributed by atoms with Gasteiger partial charge < -0.3 is 15.1 Å². The van der Waals surface area contributed by atoms with Gasteiger partial charge in [-0.1, -0.05) is 16.3 Å². The van der Waals surface area contributed by atoms with Gasteiger partial charge in [-0.25, -0.2) is 9.37 Å². The number of hydrogen-bond donors (Lipinski definition) is 2. The SMILES string of the molecule is Cc1cc2[nH]ncc2c(-c2c(Cl)cc3c4c(c(N5CC(N(C)C)C5)nc3c2F)C=N/[N+]4=C2/CCN[C@H](CC#N)C2)c1C. The Kier molecular flexibility index (Phi) is 6.50. The van der Waals surface area contributed by atoms with Crippen LogP contribution < -0.4 is 10.2 Å². The van der Waals surface area contributed by atoms with Crippen LogP contribution in [0.5, 0.6) is 0 Å². The molecule has 2 aromatic heterocycles. The minimum absolute atomic E-state index is 0.0513. The third-order valence-electron chi connectivity index (χ3n) is 9.05. The average Bonchev–Trinajstić information content (AvgIpc) is 3.58. The third kappa shape index (κ3) is 4.10. The fraction of sp³-hybridized carbons (Fsp3) is 0.387. The molecule has 9 nitrogen and oxygen atoms in total. The molecule has 3 aliphatic rings. The van der Waals surface area contributed by atoms with Gasteiger partial charge in [0.2, 0.25) is 0 Å². The Morgan fingerprint density at radius 2 is 2.02 bits per heavy atom. The highest BCUT2D eigenvalue weighted by Crippen LogP contribution is 2.46. The molecule has 3 aliphatic heterocycles. The number of H-pyrrole nitrogens is 1. The van der Waals surface area contributed by atoms with Crippen LogP contribution in [0.4, 0.5) is 15.9 Å². The van der Waals surface area contributed by atoms with Gasteiger partial charge in [-0.05, 0) is 56.3 Å². The van der Waals surface area contributed by atoms with Crippen LogP contribution in [-0.2, 0) is 0 Å². The monoisotopic (exact) mass is 584 g/mol. The summed E-state index contributed by atoms with van der Waals surface area (Å²) in [6, 6.07) is 6.59. The number of nitriles is 1. The fourth-order valence-corrected chi connectivity index (χ4v) is 6.76. The summed E-state index contributed by atoms with van der Waals surface area (Å²) in [4.78, 5) is 9.40. The van der Waals surface area contributed by atoms with Crippen LogP contribution in [0.25, 0.3) is 32.9 Å². The minimum atomic E-state index is -0.452. The van der Waals surface area contributed by atoms with E-state index in [2.05, 4.69) is 45.5 Å². The lowest BCUT2D eigenvalue weighted by Gasteiger charge is -2.43. The number of aromatic amines is 1. The number of anilines is 1. The standard InChI is InChI=1S/C31H32ClFN9/c1-16-9-25-22(12-36-39-25)26(17(16)2)27-24(32)11-21-29(28(27)33)38-31(41-14-20(15-41)40(3)4)23-13-37-42(30(21)23)19-6-8-35-18(10-19)5-7-34/h9,11-13,18,20,35H,5-6,8,10,14-15H2,1-4H3,(H,36,39)/q+1/b42-19-/t18-/m1/s1. The van der Waals surface area contributed by atoms with E-state index < -0.39 is 5.82 Å². The zero-order valence-corrected chi connectivity index (χ0v) is 24.8. The maximum absolute atomic E-state index is 17.0. The predicted molar refractivity (Wildman–Crippen MR) is 165 cm³/mol. The van der Waals surface area contributed by atoms with Crippen LogP contribution in [0, 0.1) is 31.0 Å². The Labute approximate surface area is 248 Å². The van der Waals surface area contributed by atoms with Crippen molar-refractivity contribution >= 4 is 56.8 Å². The molecule has 214 valence electrons. The van der Waals surface area contributed by atoms with Gasteiger partial charge in [0.05, 0.1) is 34.6 Å². The van der Waals surface area contributed by atoms with E-state index in [4.69, 9.17) is 21.7 Å². The Bertz CT molecular complexity index is 1880. The topological polar surface area (TPSA) is 99.2 Å². The number of rotatable bonds is 4. The molecule has 42 heavy (non-hydrogen) atoms. The number of benzene rings is 2. The maximum Gasteiger partial charge on any atom is 0.260 e. The Balaban J connectivity index is 1.49. The summed E-state index contributed by atoms with van der Waals surface area (Å²) in [5.74, 6) is 0.276. The lowest BCUT2D eigenvalue weighted by Crippen LogP contribution is -2.58. The quantitative estimate of drug-likeness (QED) is 0.326. The molecule has 0 bridgehead atoms. The summed E-state index contributed by atoms with van der Waals surface area (Å²) in [7, 11) is 4.15. The van der Waals surface area contributed by atoms with Crippen molar-refractivity contribution < 1.29 is 9.07 Å². The molecule has 0 amide bonds. The first kappa shape index (κ1) is 27.0. The van der Waals surface area contributed by atoms with Crippen LogP contribution in [0.2, 0.25) is 5.02 Å². The maximum atomic E-state index is 17.0. The van der Waals surface area contributed by atoms with E-state index in [1.165, 1.54) is 0 Å². The van der Waals surface area contributed by atoms with Crippen LogP contribution in [-0.4, -0.2) is 82.5 Å². The molecule has 2 N–H and O–H groups in total. The first-order chi connectivity index (χ1) is 20.3. The molecule has 0 aliphatic carbocycles. The zero-order valence-electron chi connectivity index (χ0n) is 24.1. The number of hydrogen-bond acceptors (Lipinski definition) is 7. The third-order valence-corrected chi connectivity index (χ3v) is 9.35. The molecule has 1 atom stereocenters. The van der Waals surface area contributed by atoms with Gasteiger partial charge in [0.1, 0.15) is 23.1 Å². The lowest BCUT2D eigenvalue weighted by molar-refractivity contribution is -0.442. The second-order valence-electron chi connectivity index (χ2n) is 11.8. The summed E-state index contributed by atoms with van der Waals surface area (Å²) < 4.78 is 19.0. The van der Waals surface area contributed by atoms with Gasteiger partial charge in [0.25, 0.3) is 5.69 Å². The van der Waals surface area contributed by atoms with Crippen molar-refractivity contribution in [3.8, 4) is 17.2 Å². The number of likely N-dealkylation sites (N-methyl/N-ethyl adjacent to an activating group) is 1. The summed E-state index contributed by atoms with van der Waals surface area (Å²) in [6.07, 6.45) is 5.44. The summed E-state index contributed by atoms with van der Waals surface area (Å²) in [6.45, 7) is 6.34. The number of piperidine rings is 1. The van der Waals surface area contributed by atoms with Gasteiger partial charge in [0.15, 0.2) is 11.5 Å². The molecule has 0 unspecified atom stereocenters. The number of hydrazone groups is 1. The summed E-state index contributed by atoms with van der Waals surface area (Å²) >= 11 is 7.00. The minimum Gasteiger partial charge on any atom is -0.353 e. The highest BCUT2D eigenvalue weighted by atomic mass is 35.5. The number of halogens is 2. The molecule has 11 heteroatoms. The van der Waals surface area contributed by atoms with E-state index in [1.807, 2.05) is 36.9 Å². The van der Waals surface area contributed by atoms with Crippen molar-refractivity contribution in [2.75, 3.05) is 38.6 Å². The highest BCUT2D eigenvalue weighted by molar-refractivity contribution is 6.35. The van der Waals surface area contributed by atoms with Gasteiger partial charge >= 0.3 is 0 Å². The van der Waals surface area contributed by atoms with Crippen molar-refractivity contribution in [2.24, 2.45) is 5.10 Å². The first-order valence-electron chi connectivity index (χ1n) is 14.3. The van der Waals surface area contributed by atoms with E-state index in [9.17, 15) is 5.26 Å². The molecular weight excluding hydrogens is 553 g/mol. The van der Waals surface area contributed by atoms with Crippen molar-refractivity contribution in [1.82, 2.24) is 25.4 Å². The number of nitrogens with one attached hydrogen (secondary N) is 2. The smallest absolute Gasteiger partial charge is 0.260 e. The molecule has 4 aromatic rings. The van der Waals surface area contributed by atoms with Crippen LogP contribution in [0.1, 0.15) is 36.0 Å². The van der Waals surface area contributed by atoms with Crippen molar-refractivity contribution in [3.05, 3.63) is 45.9 Å². The fourth-order valence-electron chi connectivity index (χ4n) is 6.48. The van der Waals surface area contributed by atoms with Crippen LogP contribution >= 0.6 is 11.6 Å². The summed E-state index contributed by atoms with van der Waals surface area (Å²) in [5.41, 5.74) is 6.88. The van der Waals surface area contributed by atoms with Crippen molar-refractivity contribution in [3.63, 3.8) is 0 Å².